The van der Waals surface area contributed by atoms with E-state index in [1.165, 1.54) is 6.07 Å². The largest absolute Gasteiger partial charge is 0.507 e. The lowest BCUT2D eigenvalue weighted by atomic mass is 10.1. The highest BCUT2D eigenvalue weighted by Gasteiger charge is 2.19. The number of hydrogen-bond acceptors (Lipinski definition) is 4. The van der Waals surface area contributed by atoms with E-state index in [1.807, 2.05) is 20.8 Å². The van der Waals surface area contributed by atoms with Crippen molar-refractivity contribution in [2.45, 2.75) is 26.8 Å². The van der Waals surface area contributed by atoms with Gasteiger partial charge in [-0.3, -0.25) is 4.79 Å². The van der Waals surface area contributed by atoms with Gasteiger partial charge in [0, 0.05) is 11.1 Å². The Bertz CT molecular complexity index is 632. The molecule has 106 valence electrons. The lowest BCUT2D eigenvalue weighted by Crippen LogP contribution is -2.27. The lowest BCUT2D eigenvalue weighted by molar-refractivity contribution is 0.0939. The Kier molecular flexibility index (Phi) is 4.13. The molecule has 1 unspecified atom stereocenters. The van der Waals surface area contributed by atoms with Gasteiger partial charge >= 0.3 is 0 Å². The molecule has 0 spiro atoms. The number of hydrogen-bond donors (Lipinski definition) is 2. The van der Waals surface area contributed by atoms with E-state index in [-0.39, 0.29) is 17.7 Å². The van der Waals surface area contributed by atoms with Crippen molar-refractivity contribution in [3.63, 3.8) is 0 Å². The number of benzene rings is 1. The Morgan fingerprint density at radius 2 is 2.15 bits per heavy atom. The molecular weight excluding hydrogens is 324 g/mol. The summed E-state index contributed by atoms with van der Waals surface area (Å²) in [5, 5.41) is 16.3. The van der Waals surface area contributed by atoms with E-state index in [4.69, 9.17) is 4.52 Å². The van der Waals surface area contributed by atoms with Crippen LogP contribution in [0.5, 0.6) is 5.75 Å². The number of halogens is 1. The molecule has 0 fully saturated rings. The highest BCUT2D eigenvalue weighted by atomic mass is 79.9. The van der Waals surface area contributed by atoms with Gasteiger partial charge in [-0.25, -0.2) is 0 Å². The Morgan fingerprint density at radius 3 is 2.70 bits per heavy atom. The van der Waals surface area contributed by atoms with Gasteiger partial charge in [-0.05, 0) is 54.9 Å². The van der Waals surface area contributed by atoms with Crippen LogP contribution >= 0.6 is 15.9 Å². The normalized spacial score (nSPS) is 12.2. The minimum atomic E-state index is -0.264. The van der Waals surface area contributed by atoms with Crippen molar-refractivity contribution >= 4 is 21.8 Å². The molecule has 6 heteroatoms. The zero-order chi connectivity index (χ0) is 14.9. The maximum atomic E-state index is 12.1. The third-order valence-electron chi connectivity index (χ3n) is 3.08. The summed E-state index contributed by atoms with van der Waals surface area (Å²) >= 11 is 3.18. The van der Waals surface area contributed by atoms with E-state index in [2.05, 4.69) is 26.4 Å². The number of amides is 1. The van der Waals surface area contributed by atoms with Gasteiger partial charge in [0.25, 0.3) is 5.91 Å². The summed E-state index contributed by atoms with van der Waals surface area (Å²) in [6.07, 6.45) is 0. The number of nitrogens with zero attached hydrogens (tertiary/aromatic N) is 1. The fourth-order valence-electron chi connectivity index (χ4n) is 2.11. The first kappa shape index (κ1) is 14.6. The first-order valence-corrected chi connectivity index (χ1v) is 6.91. The molecule has 0 aliphatic heterocycles. The predicted molar refractivity (Wildman–Crippen MR) is 77.7 cm³/mol. The molecule has 1 heterocycles. The number of carbonyl (C=O) groups excluding carboxylic acids is 1. The molecule has 0 saturated heterocycles. The second-order valence-corrected chi connectivity index (χ2v) is 5.45. The van der Waals surface area contributed by atoms with Crippen LogP contribution in [0.25, 0.3) is 0 Å². The van der Waals surface area contributed by atoms with Crippen molar-refractivity contribution in [3.8, 4) is 5.75 Å². The highest BCUT2D eigenvalue weighted by molar-refractivity contribution is 9.10. The second-order valence-electron chi connectivity index (χ2n) is 4.60. The van der Waals surface area contributed by atoms with Crippen LogP contribution in [0.3, 0.4) is 0 Å². The maximum absolute atomic E-state index is 12.1. The molecule has 1 aromatic carbocycles. The number of carbonyl (C=O) groups is 1. The van der Waals surface area contributed by atoms with Crippen LogP contribution < -0.4 is 5.32 Å². The fourth-order valence-corrected chi connectivity index (χ4v) is 2.36. The predicted octanol–water partition coefficient (Wildman–Crippen LogP) is 3.25. The van der Waals surface area contributed by atoms with Crippen LogP contribution in [0.2, 0.25) is 0 Å². The fraction of sp³-hybridized carbons (Fsp3) is 0.286. The smallest absolute Gasteiger partial charge is 0.251 e. The van der Waals surface area contributed by atoms with Crippen molar-refractivity contribution in [2.24, 2.45) is 0 Å². The number of phenolic OH excluding ortho intramolecular Hbond substituents is 1. The number of rotatable bonds is 3. The summed E-state index contributed by atoms with van der Waals surface area (Å²) in [6, 6.07) is 4.46. The average molecular weight is 339 g/mol. The Morgan fingerprint density at radius 1 is 1.45 bits per heavy atom. The molecule has 2 rings (SSSR count). The van der Waals surface area contributed by atoms with E-state index in [0.29, 0.717) is 15.8 Å². The lowest BCUT2D eigenvalue weighted by Gasteiger charge is -2.14. The summed E-state index contributed by atoms with van der Waals surface area (Å²) in [5.74, 6) is 0.455. The molecule has 20 heavy (non-hydrogen) atoms. The standard InChI is InChI=1S/C14H15BrN2O3/c1-7(13-8(2)17-20-9(13)3)16-14(19)10-4-5-11(15)12(18)6-10/h4-7,18H,1-3H3,(H,16,19). The van der Waals surface area contributed by atoms with Gasteiger partial charge in [0.05, 0.1) is 16.2 Å². The van der Waals surface area contributed by atoms with Gasteiger partial charge in [0.2, 0.25) is 0 Å². The Labute approximate surface area is 125 Å². The molecule has 5 nitrogen and oxygen atoms in total. The third kappa shape index (κ3) is 2.85. The monoisotopic (exact) mass is 338 g/mol. The van der Waals surface area contributed by atoms with Gasteiger partial charge in [0.15, 0.2) is 0 Å². The minimum absolute atomic E-state index is 0.0302. The van der Waals surface area contributed by atoms with Gasteiger partial charge in [0.1, 0.15) is 11.5 Å². The first-order valence-electron chi connectivity index (χ1n) is 6.12. The van der Waals surface area contributed by atoms with Crippen LogP contribution in [-0.2, 0) is 0 Å². The summed E-state index contributed by atoms with van der Waals surface area (Å²) in [5.41, 5.74) is 2.03. The number of phenols is 1. The van der Waals surface area contributed by atoms with Crippen LogP contribution in [-0.4, -0.2) is 16.2 Å². The highest BCUT2D eigenvalue weighted by Crippen LogP contribution is 2.25. The number of aromatic nitrogens is 1. The first-order chi connectivity index (χ1) is 9.40. The van der Waals surface area contributed by atoms with Gasteiger partial charge < -0.3 is 14.9 Å². The number of aromatic hydroxyl groups is 1. The van der Waals surface area contributed by atoms with Gasteiger partial charge in [-0.2, -0.15) is 0 Å². The molecule has 1 aromatic heterocycles. The zero-order valence-corrected chi connectivity index (χ0v) is 13.0. The SMILES string of the molecule is Cc1noc(C)c1C(C)NC(=O)c1ccc(Br)c(O)c1. The van der Waals surface area contributed by atoms with E-state index < -0.39 is 0 Å². The van der Waals surface area contributed by atoms with Gasteiger partial charge in [-0.15, -0.1) is 0 Å². The van der Waals surface area contributed by atoms with Crippen molar-refractivity contribution in [1.82, 2.24) is 10.5 Å². The van der Waals surface area contributed by atoms with E-state index in [9.17, 15) is 9.90 Å². The number of aryl methyl sites for hydroxylation is 2. The van der Waals surface area contributed by atoms with E-state index in [0.717, 1.165) is 11.3 Å². The second kappa shape index (κ2) is 5.66. The van der Waals surface area contributed by atoms with Crippen molar-refractivity contribution in [1.29, 1.82) is 0 Å². The molecule has 2 aromatic rings. The summed E-state index contributed by atoms with van der Waals surface area (Å²) in [7, 11) is 0. The molecule has 0 saturated carbocycles. The van der Waals surface area contributed by atoms with Gasteiger partial charge in [-0.1, -0.05) is 5.16 Å². The average Bonchev–Trinajstić information content (AvgIpc) is 2.72. The molecule has 0 aliphatic rings. The summed E-state index contributed by atoms with van der Waals surface area (Å²) in [4.78, 5) is 12.1. The summed E-state index contributed by atoms with van der Waals surface area (Å²) in [6.45, 7) is 5.51. The quantitative estimate of drug-likeness (QED) is 0.900. The molecule has 0 aliphatic carbocycles. The van der Waals surface area contributed by atoms with Crippen molar-refractivity contribution in [3.05, 3.63) is 45.3 Å². The van der Waals surface area contributed by atoms with Crippen LogP contribution in [0.1, 0.15) is 40.3 Å². The molecule has 0 radical (unpaired) electrons. The molecule has 2 N–H and O–H groups in total. The van der Waals surface area contributed by atoms with Crippen molar-refractivity contribution < 1.29 is 14.4 Å². The topological polar surface area (TPSA) is 75.4 Å². The molecular formula is C14H15BrN2O3. The van der Waals surface area contributed by atoms with Crippen molar-refractivity contribution in [2.75, 3.05) is 0 Å². The third-order valence-corrected chi connectivity index (χ3v) is 3.75. The molecule has 1 amide bonds. The molecule has 1 atom stereocenters. The maximum Gasteiger partial charge on any atom is 0.251 e. The number of nitrogens with one attached hydrogen (secondary N) is 1. The summed E-state index contributed by atoms with van der Waals surface area (Å²) < 4.78 is 5.64. The Hall–Kier alpha value is -1.82. The Balaban J connectivity index is 2.17. The van der Waals surface area contributed by atoms with Crippen LogP contribution in [0.15, 0.2) is 27.2 Å². The minimum Gasteiger partial charge on any atom is -0.507 e. The van der Waals surface area contributed by atoms with E-state index in [1.54, 1.807) is 12.1 Å². The van der Waals surface area contributed by atoms with E-state index >= 15 is 0 Å². The zero-order valence-electron chi connectivity index (χ0n) is 11.4. The van der Waals surface area contributed by atoms with Crippen LogP contribution in [0, 0.1) is 13.8 Å². The van der Waals surface area contributed by atoms with Crippen LogP contribution in [0.4, 0.5) is 0 Å². The molecule has 0 bridgehead atoms.